The zero-order chi connectivity index (χ0) is 11.1. The average Bonchev–Trinajstić information content (AvgIpc) is 2.29. The highest BCUT2D eigenvalue weighted by atomic mass is 32.1. The summed E-state index contributed by atoms with van der Waals surface area (Å²) in [6, 6.07) is 7.32. The van der Waals surface area contributed by atoms with E-state index in [0.717, 1.165) is 11.3 Å². The molecule has 0 amide bonds. The molecule has 0 aliphatic rings. The minimum absolute atomic E-state index is 0.497. The number of aliphatic hydroxyl groups is 1. The smallest absolute Gasteiger partial charge is 0.118 e. The third kappa shape index (κ3) is 3.80. The Labute approximate surface area is 94.4 Å². The number of hydrogen-bond donors (Lipinski definition) is 1. The maximum absolute atomic E-state index is 9.75. The first-order chi connectivity index (χ1) is 7.27. The number of thiocarbonyl (C=S) groups is 1. The van der Waals surface area contributed by atoms with E-state index in [1.54, 1.807) is 7.11 Å². The van der Waals surface area contributed by atoms with Crippen molar-refractivity contribution in [3.05, 3.63) is 29.8 Å². The summed E-state index contributed by atoms with van der Waals surface area (Å²) in [7, 11) is 1.61. The molecule has 1 atom stereocenters. The molecule has 15 heavy (non-hydrogen) atoms. The summed E-state index contributed by atoms with van der Waals surface area (Å²) in [6.45, 7) is 0.497. The predicted molar refractivity (Wildman–Crippen MR) is 62.5 cm³/mol. The number of ether oxygens (including phenoxy) is 1. The molecule has 0 saturated carbocycles. The second kappa shape index (κ2) is 6.30. The quantitative estimate of drug-likeness (QED) is 0.614. The van der Waals surface area contributed by atoms with E-state index < -0.39 is 6.10 Å². The Hall–Kier alpha value is -1.22. The van der Waals surface area contributed by atoms with Gasteiger partial charge in [0.05, 0.1) is 24.9 Å². The first-order valence-electron chi connectivity index (χ1n) is 4.63. The van der Waals surface area contributed by atoms with Gasteiger partial charge in [-0.1, -0.05) is 12.1 Å². The first kappa shape index (κ1) is 11.9. The Kier molecular flexibility index (Phi) is 4.98. The Morgan fingerprint density at radius 2 is 2.13 bits per heavy atom. The van der Waals surface area contributed by atoms with Crippen molar-refractivity contribution < 1.29 is 9.84 Å². The molecule has 0 aromatic heterocycles. The summed E-state index contributed by atoms with van der Waals surface area (Å²) in [5.41, 5.74) is 0.857. The topological polar surface area (TPSA) is 41.8 Å². The van der Waals surface area contributed by atoms with Crippen LogP contribution in [0.2, 0.25) is 0 Å². The number of benzene rings is 1. The zero-order valence-corrected chi connectivity index (χ0v) is 9.33. The largest absolute Gasteiger partial charge is 0.497 e. The lowest BCUT2D eigenvalue weighted by molar-refractivity contribution is 0.170. The molecule has 0 aliphatic carbocycles. The molecule has 1 unspecified atom stereocenters. The van der Waals surface area contributed by atoms with Crippen molar-refractivity contribution in [3.8, 4) is 5.75 Å². The molecule has 0 bridgehead atoms. The highest BCUT2D eigenvalue weighted by molar-refractivity contribution is 7.78. The van der Waals surface area contributed by atoms with E-state index in [9.17, 15) is 5.11 Å². The Bertz CT molecular complexity index is 344. The molecule has 1 aromatic rings. The second-order valence-electron chi connectivity index (χ2n) is 3.05. The van der Waals surface area contributed by atoms with Gasteiger partial charge in [-0.05, 0) is 36.3 Å². The normalized spacial score (nSPS) is 11.6. The number of aliphatic imine (C=N–C) groups is 1. The lowest BCUT2D eigenvalue weighted by Gasteiger charge is -2.09. The lowest BCUT2D eigenvalue weighted by atomic mass is 10.1. The Morgan fingerprint density at radius 1 is 1.47 bits per heavy atom. The van der Waals surface area contributed by atoms with Crippen molar-refractivity contribution in [1.82, 2.24) is 0 Å². The van der Waals surface area contributed by atoms with Gasteiger partial charge in [-0.3, -0.25) is 0 Å². The molecule has 1 aromatic carbocycles. The van der Waals surface area contributed by atoms with E-state index in [1.807, 2.05) is 24.3 Å². The number of aliphatic hydroxyl groups excluding tert-OH is 1. The second-order valence-corrected chi connectivity index (χ2v) is 3.23. The Morgan fingerprint density at radius 3 is 2.67 bits per heavy atom. The van der Waals surface area contributed by atoms with Crippen LogP contribution in [0.4, 0.5) is 0 Å². The van der Waals surface area contributed by atoms with Crippen molar-refractivity contribution in [1.29, 1.82) is 0 Å². The van der Waals surface area contributed by atoms with E-state index in [-0.39, 0.29) is 0 Å². The number of hydrogen-bond acceptors (Lipinski definition) is 4. The van der Waals surface area contributed by atoms with E-state index in [0.29, 0.717) is 13.0 Å². The van der Waals surface area contributed by atoms with Crippen LogP contribution in [0.5, 0.6) is 5.75 Å². The average molecular weight is 223 g/mol. The molecular formula is C11H13NO2S. The van der Waals surface area contributed by atoms with E-state index in [2.05, 4.69) is 22.4 Å². The van der Waals surface area contributed by atoms with Crippen LogP contribution in [0.3, 0.4) is 0 Å². The molecule has 0 saturated heterocycles. The van der Waals surface area contributed by atoms with Crippen molar-refractivity contribution in [2.45, 2.75) is 12.5 Å². The zero-order valence-electron chi connectivity index (χ0n) is 8.51. The lowest BCUT2D eigenvalue weighted by Crippen LogP contribution is -1.99. The van der Waals surface area contributed by atoms with Crippen LogP contribution in [0, 0.1) is 0 Å². The summed E-state index contributed by atoms with van der Waals surface area (Å²) < 4.78 is 5.02. The summed E-state index contributed by atoms with van der Waals surface area (Å²) in [4.78, 5) is 3.75. The molecule has 0 radical (unpaired) electrons. The molecule has 0 heterocycles. The van der Waals surface area contributed by atoms with Crippen molar-refractivity contribution in [2.24, 2.45) is 4.99 Å². The monoisotopic (exact) mass is 223 g/mol. The number of isothiocyanates is 1. The minimum atomic E-state index is -0.511. The van der Waals surface area contributed by atoms with Gasteiger partial charge in [0.1, 0.15) is 5.75 Å². The molecule has 1 N–H and O–H groups in total. The number of nitrogens with zero attached hydrogens (tertiary/aromatic N) is 1. The van der Waals surface area contributed by atoms with Gasteiger partial charge in [-0.25, -0.2) is 4.99 Å². The molecule has 3 nitrogen and oxygen atoms in total. The van der Waals surface area contributed by atoms with Gasteiger partial charge in [-0.2, -0.15) is 0 Å². The van der Waals surface area contributed by atoms with Crippen LogP contribution in [0.25, 0.3) is 0 Å². The fraction of sp³-hybridized carbons (Fsp3) is 0.364. The van der Waals surface area contributed by atoms with Gasteiger partial charge >= 0.3 is 0 Å². The van der Waals surface area contributed by atoms with E-state index in [4.69, 9.17) is 4.74 Å². The van der Waals surface area contributed by atoms with E-state index in [1.165, 1.54) is 0 Å². The van der Waals surface area contributed by atoms with Gasteiger partial charge in [0.15, 0.2) is 0 Å². The summed E-state index contributed by atoms with van der Waals surface area (Å²) in [6.07, 6.45) is 0.0405. The Balaban J connectivity index is 2.57. The third-order valence-corrected chi connectivity index (χ3v) is 2.21. The molecule has 0 aliphatic heterocycles. The van der Waals surface area contributed by atoms with Crippen LogP contribution in [0.15, 0.2) is 29.3 Å². The standard InChI is InChI=1S/C11H13NO2S/c1-14-10-4-2-9(3-5-10)11(13)6-7-12-8-15/h2-5,11,13H,6-7H2,1H3. The highest BCUT2D eigenvalue weighted by Crippen LogP contribution is 2.19. The minimum Gasteiger partial charge on any atom is -0.497 e. The molecule has 1 rings (SSSR count). The summed E-state index contributed by atoms with van der Waals surface area (Å²) in [5.74, 6) is 0.780. The van der Waals surface area contributed by atoms with Gasteiger partial charge in [-0.15, -0.1) is 0 Å². The first-order valence-corrected chi connectivity index (χ1v) is 5.04. The molecule has 0 spiro atoms. The van der Waals surface area contributed by atoms with E-state index >= 15 is 0 Å². The van der Waals surface area contributed by atoms with Crippen molar-refractivity contribution >= 4 is 17.4 Å². The number of rotatable bonds is 5. The number of methoxy groups -OCH3 is 1. The summed E-state index contributed by atoms with van der Waals surface area (Å²) >= 11 is 4.44. The summed E-state index contributed by atoms with van der Waals surface area (Å²) in [5, 5.41) is 12.0. The molecule has 4 heteroatoms. The van der Waals surface area contributed by atoms with Crippen molar-refractivity contribution in [3.63, 3.8) is 0 Å². The van der Waals surface area contributed by atoms with Gasteiger partial charge in [0, 0.05) is 0 Å². The van der Waals surface area contributed by atoms with Crippen LogP contribution in [-0.4, -0.2) is 23.9 Å². The highest BCUT2D eigenvalue weighted by Gasteiger charge is 2.06. The fourth-order valence-corrected chi connectivity index (χ4v) is 1.32. The maximum atomic E-state index is 9.75. The van der Waals surface area contributed by atoms with Crippen LogP contribution in [-0.2, 0) is 0 Å². The fourth-order valence-electron chi connectivity index (χ4n) is 1.23. The predicted octanol–water partition coefficient (Wildman–Crippen LogP) is 2.22. The van der Waals surface area contributed by atoms with Crippen LogP contribution < -0.4 is 4.74 Å². The SMILES string of the molecule is COc1ccc(C(O)CCN=C=S)cc1. The van der Waals surface area contributed by atoms with Crippen LogP contribution >= 0.6 is 12.2 Å². The van der Waals surface area contributed by atoms with Crippen LogP contribution in [0.1, 0.15) is 18.1 Å². The van der Waals surface area contributed by atoms with Crippen molar-refractivity contribution in [2.75, 3.05) is 13.7 Å². The van der Waals surface area contributed by atoms with Gasteiger partial charge in [0.2, 0.25) is 0 Å². The molecule has 80 valence electrons. The molecular weight excluding hydrogens is 210 g/mol. The maximum Gasteiger partial charge on any atom is 0.118 e. The van der Waals surface area contributed by atoms with Gasteiger partial charge in [0.25, 0.3) is 0 Å². The molecule has 0 fully saturated rings. The van der Waals surface area contributed by atoms with Gasteiger partial charge < -0.3 is 9.84 Å². The third-order valence-electron chi connectivity index (χ3n) is 2.08.